The van der Waals surface area contributed by atoms with Gasteiger partial charge in [0.25, 0.3) is 0 Å². The summed E-state index contributed by atoms with van der Waals surface area (Å²) in [7, 11) is 0. The average molecular weight is 163 g/mol. The third-order valence-electron chi connectivity index (χ3n) is 2.14. The van der Waals surface area contributed by atoms with Gasteiger partial charge in [-0.3, -0.25) is 0 Å². The van der Waals surface area contributed by atoms with Gasteiger partial charge in [-0.25, -0.2) is 9.97 Å². The van der Waals surface area contributed by atoms with E-state index >= 15 is 0 Å². The van der Waals surface area contributed by atoms with Crippen LogP contribution in [0.5, 0.6) is 0 Å². The maximum absolute atomic E-state index is 4.23. The van der Waals surface area contributed by atoms with E-state index in [2.05, 4.69) is 21.8 Å². The Bertz CT molecular complexity index is 243. The van der Waals surface area contributed by atoms with Gasteiger partial charge in [0.1, 0.15) is 0 Å². The van der Waals surface area contributed by atoms with E-state index in [1.54, 1.807) is 12.4 Å². The molecule has 1 saturated carbocycles. The van der Waals surface area contributed by atoms with Crippen LogP contribution < -0.4 is 4.90 Å². The molecule has 0 N–H and O–H groups in total. The van der Waals surface area contributed by atoms with Crippen molar-refractivity contribution in [2.45, 2.75) is 25.8 Å². The molecule has 0 atom stereocenters. The molecule has 0 unspecified atom stereocenters. The van der Waals surface area contributed by atoms with Gasteiger partial charge in [-0.05, 0) is 25.8 Å². The second kappa shape index (κ2) is 3.09. The van der Waals surface area contributed by atoms with Crippen LogP contribution >= 0.6 is 0 Å². The Labute approximate surface area is 72.4 Å². The first kappa shape index (κ1) is 7.53. The highest BCUT2D eigenvalue weighted by Crippen LogP contribution is 2.28. The number of rotatable bonds is 3. The van der Waals surface area contributed by atoms with E-state index in [4.69, 9.17) is 0 Å². The highest BCUT2D eigenvalue weighted by atomic mass is 15.3. The lowest BCUT2D eigenvalue weighted by Crippen LogP contribution is -2.26. The summed E-state index contributed by atoms with van der Waals surface area (Å²) in [4.78, 5) is 10.7. The zero-order valence-electron chi connectivity index (χ0n) is 7.27. The molecule has 12 heavy (non-hydrogen) atoms. The zero-order chi connectivity index (χ0) is 8.39. The molecule has 3 nitrogen and oxygen atoms in total. The minimum Gasteiger partial charge on any atom is -0.338 e. The lowest BCUT2D eigenvalue weighted by molar-refractivity contribution is 0.786. The number of hydrogen-bond acceptors (Lipinski definition) is 3. The minimum absolute atomic E-state index is 0.706. The van der Waals surface area contributed by atoms with Crippen molar-refractivity contribution in [3.8, 4) is 0 Å². The standard InChI is InChI=1S/C9H13N3/c1-2-12(8-4-5-8)9-10-6-3-7-11-9/h3,6-8H,2,4-5H2,1H3. The van der Waals surface area contributed by atoms with Gasteiger partial charge in [0.05, 0.1) is 0 Å². The highest BCUT2D eigenvalue weighted by Gasteiger charge is 2.29. The largest absolute Gasteiger partial charge is 0.338 e. The normalized spacial score (nSPS) is 16.1. The molecule has 0 bridgehead atoms. The summed E-state index contributed by atoms with van der Waals surface area (Å²) in [6.07, 6.45) is 6.19. The molecule has 2 rings (SSSR count). The Morgan fingerprint density at radius 3 is 2.58 bits per heavy atom. The van der Waals surface area contributed by atoms with E-state index < -0.39 is 0 Å². The van der Waals surface area contributed by atoms with Gasteiger partial charge in [-0.2, -0.15) is 0 Å². The Hall–Kier alpha value is -1.12. The van der Waals surface area contributed by atoms with Gasteiger partial charge >= 0.3 is 0 Å². The van der Waals surface area contributed by atoms with Crippen LogP contribution in [0, 0.1) is 0 Å². The minimum atomic E-state index is 0.706. The second-order valence-electron chi connectivity index (χ2n) is 3.07. The van der Waals surface area contributed by atoms with Crippen molar-refractivity contribution in [2.75, 3.05) is 11.4 Å². The predicted molar refractivity (Wildman–Crippen MR) is 48.1 cm³/mol. The average Bonchev–Trinajstić information content (AvgIpc) is 2.92. The van der Waals surface area contributed by atoms with Gasteiger partial charge in [0, 0.05) is 25.0 Å². The number of anilines is 1. The maximum Gasteiger partial charge on any atom is 0.225 e. The third-order valence-corrected chi connectivity index (χ3v) is 2.14. The Morgan fingerprint density at radius 2 is 2.08 bits per heavy atom. The molecule has 64 valence electrons. The SMILES string of the molecule is CCN(c1ncccn1)C1CC1. The predicted octanol–water partition coefficient (Wildman–Crippen LogP) is 1.47. The van der Waals surface area contributed by atoms with Crippen LogP contribution in [0.2, 0.25) is 0 Å². The molecule has 1 heterocycles. The van der Waals surface area contributed by atoms with Gasteiger partial charge < -0.3 is 4.90 Å². The van der Waals surface area contributed by atoms with E-state index in [0.29, 0.717) is 6.04 Å². The zero-order valence-corrected chi connectivity index (χ0v) is 7.27. The third kappa shape index (κ3) is 1.40. The molecule has 3 heteroatoms. The van der Waals surface area contributed by atoms with Crippen LogP contribution in [0.1, 0.15) is 19.8 Å². The van der Waals surface area contributed by atoms with Crippen molar-refractivity contribution in [2.24, 2.45) is 0 Å². The van der Waals surface area contributed by atoms with Crippen LogP contribution in [0.4, 0.5) is 5.95 Å². The molecule has 1 aromatic heterocycles. The molecular weight excluding hydrogens is 150 g/mol. The van der Waals surface area contributed by atoms with Crippen molar-refractivity contribution in [1.82, 2.24) is 9.97 Å². The van der Waals surface area contributed by atoms with Crippen LogP contribution in [-0.2, 0) is 0 Å². The molecule has 0 aliphatic heterocycles. The highest BCUT2D eigenvalue weighted by molar-refractivity contribution is 5.32. The van der Waals surface area contributed by atoms with Crippen molar-refractivity contribution >= 4 is 5.95 Å². The second-order valence-corrected chi connectivity index (χ2v) is 3.07. The smallest absolute Gasteiger partial charge is 0.225 e. The quantitative estimate of drug-likeness (QED) is 0.675. The van der Waals surface area contributed by atoms with Crippen molar-refractivity contribution in [1.29, 1.82) is 0 Å². The number of hydrogen-bond donors (Lipinski definition) is 0. The molecular formula is C9H13N3. The van der Waals surface area contributed by atoms with Crippen molar-refractivity contribution < 1.29 is 0 Å². The number of nitrogens with zero attached hydrogens (tertiary/aromatic N) is 3. The van der Waals surface area contributed by atoms with E-state index in [-0.39, 0.29) is 0 Å². The van der Waals surface area contributed by atoms with Crippen LogP contribution in [0.3, 0.4) is 0 Å². The molecule has 0 aromatic carbocycles. The topological polar surface area (TPSA) is 29.0 Å². The number of aromatic nitrogens is 2. The van der Waals surface area contributed by atoms with Crippen LogP contribution in [0.25, 0.3) is 0 Å². The summed E-state index contributed by atoms with van der Waals surface area (Å²) in [5.74, 6) is 0.877. The van der Waals surface area contributed by atoms with Gasteiger partial charge in [0.2, 0.25) is 5.95 Å². The fourth-order valence-corrected chi connectivity index (χ4v) is 1.39. The van der Waals surface area contributed by atoms with E-state index in [1.165, 1.54) is 12.8 Å². The molecule has 1 aromatic rings. The van der Waals surface area contributed by atoms with E-state index in [1.807, 2.05) is 6.07 Å². The molecule has 0 spiro atoms. The Balaban J connectivity index is 2.15. The summed E-state index contributed by atoms with van der Waals surface area (Å²) in [5, 5.41) is 0. The Morgan fingerprint density at radius 1 is 1.42 bits per heavy atom. The fourth-order valence-electron chi connectivity index (χ4n) is 1.39. The Kier molecular flexibility index (Phi) is 1.94. The molecule has 1 fully saturated rings. The first-order valence-corrected chi connectivity index (χ1v) is 4.45. The van der Waals surface area contributed by atoms with E-state index in [9.17, 15) is 0 Å². The fraction of sp³-hybridized carbons (Fsp3) is 0.556. The molecule has 1 aliphatic carbocycles. The van der Waals surface area contributed by atoms with Gasteiger partial charge in [-0.1, -0.05) is 0 Å². The van der Waals surface area contributed by atoms with E-state index in [0.717, 1.165) is 12.5 Å². The van der Waals surface area contributed by atoms with Gasteiger partial charge in [0.15, 0.2) is 0 Å². The van der Waals surface area contributed by atoms with Crippen LogP contribution in [0.15, 0.2) is 18.5 Å². The molecule has 0 saturated heterocycles. The molecule has 0 radical (unpaired) electrons. The summed E-state index contributed by atoms with van der Waals surface area (Å²) < 4.78 is 0. The maximum atomic E-state index is 4.23. The lowest BCUT2D eigenvalue weighted by Gasteiger charge is -2.19. The van der Waals surface area contributed by atoms with Crippen molar-refractivity contribution in [3.63, 3.8) is 0 Å². The van der Waals surface area contributed by atoms with Crippen molar-refractivity contribution in [3.05, 3.63) is 18.5 Å². The van der Waals surface area contributed by atoms with Gasteiger partial charge in [-0.15, -0.1) is 0 Å². The molecule has 0 amide bonds. The first-order valence-electron chi connectivity index (χ1n) is 4.45. The first-order chi connectivity index (χ1) is 5.92. The van der Waals surface area contributed by atoms with Crippen LogP contribution in [-0.4, -0.2) is 22.6 Å². The summed E-state index contributed by atoms with van der Waals surface area (Å²) >= 11 is 0. The summed E-state index contributed by atoms with van der Waals surface area (Å²) in [5.41, 5.74) is 0. The molecule has 1 aliphatic rings. The lowest BCUT2D eigenvalue weighted by atomic mass is 10.5. The monoisotopic (exact) mass is 163 g/mol. The summed E-state index contributed by atoms with van der Waals surface area (Å²) in [6, 6.07) is 2.56. The summed E-state index contributed by atoms with van der Waals surface area (Å²) in [6.45, 7) is 3.16.